The lowest BCUT2D eigenvalue weighted by Crippen LogP contribution is -2.21. The van der Waals surface area contributed by atoms with Gasteiger partial charge in [0.15, 0.2) is 0 Å². The monoisotopic (exact) mass is 280 g/mol. The van der Waals surface area contributed by atoms with Gasteiger partial charge in [-0.15, -0.1) is 11.3 Å². The molecule has 2 heterocycles. The standard InChI is InChI=1S/C14H20N2O2S/c1-9(2)15-7-13-12(8-17-4)16-14(19-13)11-5-6-18-10(11)3/h5-6,9,15H,7-8H2,1-4H3. The predicted molar refractivity (Wildman–Crippen MR) is 77.2 cm³/mol. The van der Waals surface area contributed by atoms with Crippen LogP contribution in [0.15, 0.2) is 16.7 Å². The molecule has 0 aliphatic heterocycles. The topological polar surface area (TPSA) is 47.3 Å². The fraction of sp³-hybridized carbons (Fsp3) is 0.500. The normalized spacial score (nSPS) is 11.4. The molecule has 19 heavy (non-hydrogen) atoms. The second-order valence-corrected chi connectivity index (χ2v) is 5.83. The quantitative estimate of drug-likeness (QED) is 0.881. The van der Waals surface area contributed by atoms with Gasteiger partial charge in [0.05, 0.1) is 24.1 Å². The van der Waals surface area contributed by atoms with Gasteiger partial charge in [-0.05, 0) is 13.0 Å². The van der Waals surface area contributed by atoms with Gasteiger partial charge in [-0.3, -0.25) is 0 Å². The molecule has 2 aromatic rings. The van der Waals surface area contributed by atoms with E-state index >= 15 is 0 Å². The summed E-state index contributed by atoms with van der Waals surface area (Å²) in [5, 5.41) is 4.42. The summed E-state index contributed by atoms with van der Waals surface area (Å²) in [5.41, 5.74) is 2.08. The van der Waals surface area contributed by atoms with E-state index in [0.29, 0.717) is 12.6 Å². The Morgan fingerprint density at radius 3 is 2.84 bits per heavy atom. The van der Waals surface area contributed by atoms with E-state index in [2.05, 4.69) is 24.1 Å². The second-order valence-electron chi connectivity index (χ2n) is 4.75. The largest absolute Gasteiger partial charge is 0.469 e. The van der Waals surface area contributed by atoms with Gasteiger partial charge in [-0.1, -0.05) is 13.8 Å². The molecule has 0 unspecified atom stereocenters. The Labute approximate surface area is 117 Å². The summed E-state index contributed by atoms with van der Waals surface area (Å²) in [6.07, 6.45) is 1.70. The molecule has 4 nitrogen and oxygen atoms in total. The maximum Gasteiger partial charge on any atom is 0.127 e. The molecular formula is C14H20N2O2S. The number of hydrogen-bond acceptors (Lipinski definition) is 5. The number of rotatable bonds is 6. The van der Waals surface area contributed by atoms with Crippen LogP contribution in [0.1, 0.15) is 30.2 Å². The molecule has 0 aromatic carbocycles. The number of nitrogens with zero attached hydrogens (tertiary/aromatic N) is 1. The first-order chi connectivity index (χ1) is 9.11. The molecule has 2 aromatic heterocycles. The predicted octanol–water partition coefficient (Wildman–Crippen LogP) is 3.36. The van der Waals surface area contributed by atoms with Crippen molar-refractivity contribution < 1.29 is 9.15 Å². The SMILES string of the molecule is COCc1nc(-c2ccoc2C)sc1CNC(C)C. The molecule has 0 atom stereocenters. The lowest BCUT2D eigenvalue weighted by Gasteiger charge is -2.07. The average Bonchev–Trinajstić information content (AvgIpc) is 2.93. The summed E-state index contributed by atoms with van der Waals surface area (Å²) in [4.78, 5) is 5.90. The van der Waals surface area contributed by atoms with Gasteiger partial charge >= 0.3 is 0 Å². The van der Waals surface area contributed by atoms with Crippen LogP contribution in [-0.2, 0) is 17.9 Å². The van der Waals surface area contributed by atoms with Gasteiger partial charge in [0.1, 0.15) is 10.8 Å². The first-order valence-corrected chi connectivity index (χ1v) is 7.18. The molecule has 0 saturated heterocycles. The van der Waals surface area contributed by atoms with E-state index < -0.39 is 0 Å². The van der Waals surface area contributed by atoms with Crippen LogP contribution in [0.2, 0.25) is 0 Å². The molecule has 0 bridgehead atoms. The zero-order chi connectivity index (χ0) is 13.8. The van der Waals surface area contributed by atoms with Crippen LogP contribution >= 0.6 is 11.3 Å². The smallest absolute Gasteiger partial charge is 0.127 e. The molecular weight excluding hydrogens is 260 g/mol. The molecule has 0 aliphatic carbocycles. The van der Waals surface area contributed by atoms with Gasteiger partial charge in [-0.25, -0.2) is 4.98 Å². The van der Waals surface area contributed by atoms with Crippen molar-refractivity contribution >= 4 is 11.3 Å². The van der Waals surface area contributed by atoms with Crippen molar-refractivity contribution in [1.29, 1.82) is 0 Å². The van der Waals surface area contributed by atoms with Crippen LogP contribution in [0, 0.1) is 6.92 Å². The van der Waals surface area contributed by atoms with Gasteiger partial charge in [0.25, 0.3) is 0 Å². The van der Waals surface area contributed by atoms with Crippen molar-refractivity contribution in [1.82, 2.24) is 10.3 Å². The highest BCUT2D eigenvalue weighted by Gasteiger charge is 2.15. The Balaban J connectivity index is 2.26. The molecule has 0 aliphatic rings. The number of methoxy groups -OCH3 is 1. The van der Waals surface area contributed by atoms with E-state index in [9.17, 15) is 0 Å². The van der Waals surface area contributed by atoms with Crippen molar-refractivity contribution in [3.05, 3.63) is 28.7 Å². The molecule has 0 saturated carbocycles. The van der Waals surface area contributed by atoms with Crippen molar-refractivity contribution in [3.8, 4) is 10.6 Å². The third-order valence-electron chi connectivity index (χ3n) is 2.82. The summed E-state index contributed by atoms with van der Waals surface area (Å²) < 4.78 is 10.6. The minimum absolute atomic E-state index is 0.455. The molecule has 0 fully saturated rings. The van der Waals surface area contributed by atoms with Crippen molar-refractivity contribution in [2.45, 2.75) is 40.0 Å². The zero-order valence-electron chi connectivity index (χ0n) is 11.8. The first kappa shape index (κ1) is 14.2. The van der Waals surface area contributed by atoms with Crippen molar-refractivity contribution in [2.75, 3.05) is 7.11 Å². The Kier molecular flexibility index (Phi) is 4.74. The van der Waals surface area contributed by atoms with Crippen LogP contribution in [0.3, 0.4) is 0 Å². The summed E-state index contributed by atoms with van der Waals surface area (Å²) in [6.45, 7) is 7.60. The molecule has 1 N–H and O–H groups in total. The third-order valence-corrected chi connectivity index (χ3v) is 3.95. The van der Waals surface area contributed by atoms with Crippen LogP contribution in [-0.4, -0.2) is 18.1 Å². The summed E-state index contributed by atoms with van der Waals surface area (Å²) in [6, 6.07) is 2.42. The Morgan fingerprint density at radius 2 is 2.26 bits per heavy atom. The van der Waals surface area contributed by atoms with Crippen molar-refractivity contribution in [2.24, 2.45) is 0 Å². The number of hydrogen-bond donors (Lipinski definition) is 1. The average molecular weight is 280 g/mol. The van der Waals surface area contributed by atoms with Gasteiger partial charge in [-0.2, -0.15) is 0 Å². The van der Waals surface area contributed by atoms with Crippen molar-refractivity contribution in [3.63, 3.8) is 0 Å². The second kappa shape index (κ2) is 6.32. The maximum absolute atomic E-state index is 5.35. The van der Waals surface area contributed by atoms with E-state index in [4.69, 9.17) is 9.15 Å². The lowest BCUT2D eigenvalue weighted by atomic mass is 10.3. The zero-order valence-corrected chi connectivity index (χ0v) is 12.6. The van der Waals surface area contributed by atoms with Crippen LogP contribution in [0.5, 0.6) is 0 Å². The summed E-state index contributed by atoms with van der Waals surface area (Å²) in [7, 11) is 1.70. The minimum atomic E-state index is 0.455. The van der Waals surface area contributed by atoms with E-state index in [0.717, 1.165) is 28.6 Å². The number of thiazole rings is 1. The van der Waals surface area contributed by atoms with Crippen LogP contribution < -0.4 is 5.32 Å². The Bertz CT molecular complexity index is 531. The first-order valence-electron chi connectivity index (χ1n) is 6.37. The molecule has 104 valence electrons. The van der Waals surface area contributed by atoms with E-state index in [1.165, 1.54) is 4.88 Å². The Morgan fingerprint density at radius 1 is 1.47 bits per heavy atom. The fourth-order valence-electron chi connectivity index (χ4n) is 1.79. The molecule has 2 rings (SSSR count). The molecule has 0 radical (unpaired) electrons. The maximum atomic E-state index is 5.35. The highest BCUT2D eigenvalue weighted by Crippen LogP contribution is 2.31. The number of aromatic nitrogens is 1. The van der Waals surface area contributed by atoms with E-state index in [-0.39, 0.29) is 0 Å². The van der Waals surface area contributed by atoms with Crippen LogP contribution in [0.4, 0.5) is 0 Å². The lowest BCUT2D eigenvalue weighted by molar-refractivity contribution is 0.181. The van der Waals surface area contributed by atoms with E-state index in [1.807, 2.05) is 13.0 Å². The highest BCUT2D eigenvalue weighted by atomic mass is 32.1. The minimum Gasteiger partial charge on any atom is -0.469 e. The molecule has 0 spiro atoms. The molecule has 5 heteroatoms. The Hall–Kier alpha value is -1.17. The number of furan rings is 1. The highest BCUT2D eigenvalue weighted by molar-refractivity contribution is 7.15. The molecule has 0 amide bonds. The number of aryl methyl sites for hydroxylation is 1. The summed E-state index contributed by atoms with van der Waals surface area (Å²) >= 11 is 1.70. The third kappa shape index (κ3) is 3.43. The van der Waals surface area contributed by atoms with Gasteiger partial charge in [0.2, 0.25) is 0 Å². The summed E-state index contributed by atoms with van der Waals surface area (Å²) in [5.74, 6) is 0.904. The van der Waals surface area contributed by atoms with Gasteiger partial charge < -0.3 is 14.5 Å². The fourth-order valence-corrected chi connectivity index (χ4v) is 2.88. The van der Waals surface area contributed by atoms with Crippen LogP contribution in [0.25, 0.3) is 10.6 Å². The van der Waals surface area contributed by atoms with Gasteiger partial charge in [0, 0.05) is 24.6 Å². The van der Waals surface area contributed by atoms with E-state index in [1.54, 1.807) is 24.7 Å². The number of ether oxygens (including phenoxy) is 1. The number of nitrogens with one attached hydrogen (secondary N) is 1.